The molecular weight excluding hydrogens is 439 g/mol. The molecule has 0 bridgehead atoms. The summed E-state index contributed by atoms with van der Waals surface area (Å²) in [5, 5.41) is 6.74. The first-order valence-corrected chi connectivity index (χ1v) is 8.68. The minimum atomic E-state index is 0. The van der Waals surface area contributed by atoms with Crippen molar-refractivity contribution < 1.29 is 4.42 Å². The summed E-state index contributed by atoms with van der Waals surface area (Å²) in [5.41, 5.74) is 2.49. The van der Waals surface area contributed by atoms with Crippen LogP contribution in [0.5, 0.6) is 0 Å². The van der Waals surface area contributed by atoms with E-state index in [2.05, 4.69) is 63.9 Å². The number of rotatable bonds is 5. The second-order valence-corrected chi connectivity index (χ2v) is 6.29. The van der Waals surface area contributed by atoms with Gasteiger partial charge in [0.05, 0.1) is 6.04 Å². The van der Waals surface area contributed by atoms with Gasteiger partial charge >= 0.3 is 0 Å². The molecule has 0 amide bonds. The number of halogens is 1. The van der Waals surface area contributed by atoms with Crippen LogP contribution in [0.1, 0.15) is 30.0 Å². The average Bonchev–Trinajstić information content (AvgIpc) is 3.30. The molecule has 1 aromatic heterocycles. The Labute approximate surface area is 172 Å². The van der Waals surface area contributed by atoms with E-state index in [9.17, 15) is 0 Å². The third kappa shape index (κ3) is 5.27. The number of nitrogens with zero attached hydrogens (tertiary/aromatic N) is 2. The zero-order valence-electron chi connectivity index (χ0n) is 15.5. The van der Waals surface area contributed by atoms with Gasteiger partial charge < -0.3 is 20.0 Å². The van der Waals surface area contributed by atoms with E-state index in [4.69, 9.17) is 4.42 Å². The molecule has 2 N–H and O–H groups in total. The van der Waals surface area contributed by atoms with Crippen LogP contribution in [0.4, 0.5) is 5.69 Å². The molecule has 0 saturated carbocycles. The number of aliphatic imine (C=N–C) groups is 1. The molecule has 1 aromatic carbocycles. The lowest BCUT2D eigenvalue weighted by Gasteiger charge is -2.19. The first-order valence-electron chi connectivity index (χ1n) is 8.68. The molecule has 1 aliphatic rings. The second-order valence-electron chi connectivity index (χ2n) is 6.29. The summed E-state index contributed by atoms with van der Waals surface area (Å²) in [5.74, 6) is 2.58. The quantitative estimate of drug-likeness (QED) is 0.303. The minimum Gasteiger partial charge on any atom is -0.464 e. The highest BCUT2D eigenvalue weighted by Gasteiger charge is 2.12. The molecule has 3 rings (SSSR count). The first-order chi connectivity index (χ1) is 12.2. The normalized spacial score (nSPS) is 14.9. The zero-order valence-corrected chi connectivity index (χ0v) is 17.9. The number of aryl methyl sites for hydroxylation is 1. The third-order valence-electron chi connectivity index (χ3n) is 4.32. The fourth-order valence-electron chi connectivity index (χ4n) is 2.89. The molecule has 26 heavy (non-hydrogen) atoms. The van der Waals surface area contributed by atoms with E-state index < -0.39 is 0 Å². The molecule has 6 heteroatoms. The van der Waals surface area contributed by atoms with E-state index in [1.165, 1.54) is 11.3 Å². The second kappa shape index (κ2) is 9.66. The molecular formula is C20H27IN4O. The van der Waals surface area contributed by atoms with Crippen LogP contribution in [0.15, 0.2) is 58.0 Å². The summed E-state index contributed by atoms with van der Waals surface area (Å²) in [7, 11) is 1.78. The molecule has 0 spiro atoms. The Morgan fingerprint density at radius 1 is 1.23 bits per heavy atom. The molecule has 0 radical (unpaired) electrons. The van der Waals surface area contributed by atoms with E-state index in [0.717, 1.165) is 37.1 Å². The van der Waals surface area contributed by atoms with Crippen LogP contribution in [-0.2, 0) is 6.54 Å². The molecule has 140 valence electrons. The maximum Gasteiger partial charge on any atom is 0.191 e. The van der Waals surface area contributed by atoms with Gasteiger partial charge in [0.15, 0.2) is 5.96 Å². The molecule has 0 saturated heterocycles. The van der Waals surface area contributed by atoms with Gasteiger partial charge in [-0.05, 0) is 43.7 Å². The average molecular weight is 466 g/mol. The molecule has 0 fully saturated rings. The van der Waals surface area contributed by atoms with Gasteiger partial charge in [-0.1, -0.05) is 24.3 Å². The van der Waals surface area contributed by atoms with Crippen molar-refractivity contribution in [2.24, 2.45) is 4.99 Å². The van der Waals surface area contributed by atoms with Crippen molar-refractivity contribution in [2.45, 2.75) is 26.4 Å². The monoisotopic (exact) mass is 466 g/mol. The number of nitrogens with one attached hydrogen (secondary N) is 2. The van der Waals surface area contributed by atoms with Crippen molar-refractivity contribution in [1.82, 2.24) is 10.6 Å². The van der Waals surface area contributed by atoms with E-state index in [1.807, 2.05) is 19.1 Å². The van der Waals surface area contributed by atoms with Crippen LogP contribution in [-0.4, -0.2) is 26.1 Å². The maximum atomic E-state index is 5.67. The third-order valence-corrected chi connectivity index (χ3v) is 4.32. The van der Waals surface area contributed by atoms with Gasteiger partial charge in [0.25, 0.3) is 0 Å². The van der Waals surface area contributed by atoms with Gasteiger partial charge in [0.2, 0.25) is 0 Å². The highest BCUT2D eigenvalue weighted by atomic mass is 127. The molecule has 5 nitrogen and oxygen atoms in total. The summed E-state index contributed by atoms with van der Waals surface area (Å²) in [6.07, 6.45) is 4.41. The summed E-state index contributed by atoms with van der Waals surface area (Å²) in [6.45, 7) is 6.71. The van der Waals surface area contributed by atoms with Gasteiger partial charge in [0.1, 0.15) is 11.5 Å². The van der Waals surface area contributed by atoms with E-state index >= 15 is 0 Å². The SMILES string of the molecule is CN=C(NCc1cccc(N2CC=CC2)c1)NC(C)c1ccc(C)o1.I. The van der Waals surface area contributed by atoms with Crippen LogP contribution in [0.3, 0.4) is 0 Å². The van der Waals surface area contributed by atoms with Gasteiger partial charge in [-0.15, -0.1) is 24.0 Å². The Morgan fingerprint density at radius 2 is 2.00 bits per heavy atom. The fourth-order valence-corrected chi connectivity index (χ4v) is 2.89. The number of guanidine groups is 1. The predicted molar refractivity (Wildman–Crippen MR) is 118 cm³/mol. The topological polar surface area (TPSA) is 52.8 Å². The van der Waals surface area contributed by atoms with Crippen molar-refractivity contribution in [3.63, 3.8) is 0 Å². The minimum absolute atomic E-state index is 0. The summed E-state index contributed by atoms with van der Waals surface area (Å²) in [4.78, 5) is 6.65. The summed E-state index contributed by atoms with van der Waals surface area (Å²) < 4.78 is 5.67. The molecule has 2 aromatic rings. The number of hydrogen-bond donors (Lipinski definition) is 2. The lowest BCUT2D eigenvalue weighted by molar-refractivity contribution is 0.441. The van der Waals surface area contributed by atoms with Crippen molar-refractivity contribution in [1.29, 1.82) is 0 Å². The van der Waals surface area contributed by atoms with Crippen LogP contribution < -0.4 is 15.5 Å². The van der Waals surface area contributed by atoms with Crippen molar-refractivity contribution in [3.05, 3.63) is 65.6 Å². The van der Waals surface area contributed by atoms with Crippen molar-refractivity contribution >= 4 is 35.6 Å². The Hall–Kier alpha value is -1.96. The van der Waals surface area contributed by atoms with E-state index in [1.54, 1.807) is 7.05 Å². The molecule has 1 aliphatic heterocycles. The standard InChI is InChI=1S/C20H26N4O.HI/c1-15-9-10-19(25-15)16(2)23-20(21-3)22-14-17-7-6-8-18(13-17)24-11-4-5-12-24;/h4-10,13,16H,11-12,14H2,1-3H3,(H2,21,22,23);1H. The zero-order chi connectivity index (χ0) is 17.6. The van der Waals surface area contributed by atoms with Crippen LogP contribution >= 0.6 is 24.0 Å². The van der Waals surface area contributed by atoms with Crippen LogP contribution in [0.2, 0.25) is 0 Å². The Morgan fingerprint density at radius 3 is 2.65 bits per heavy atom. The van der Waals surface area contributed by atoms with E-state index in [-0.39, 0.29) is 30.0 Å². The lowest BCUT2D eigenvalue weighted by Crippen LogP contribution is -2.38. The number of furan rings is 1. The highest BCUT2D eigenvalue weighted by Crippen LogP contribution is 2.18. The van der Waals surface area contributed by atoms with E-state index in [0.29, 0.717) is 0 Å². The number of hydrogen-bond acceptors (Lipinski definition) is 3. The lowest BCUT2D eigenvalue weighted by atomic mass is 10.2. The van der Waals surface area contributed by atoms with Crippen molar-refractivity contribution in [2.75, 3.05) is 25.0 Å². The molecule has 2 heterocycles. The fraction of sp³-hybridized carbons (Fsp3) is 0.350. The molecule has 1 unspecified atom stereocenters. The molecule has 0 aliphatic carbocycles. The van der Waals surface area contributed by atoms with Gasteiger partial charge in [-0.2, -0.15) is 0 Å². The maximum absolute atomic E-state index is 5.67. The Kier molecular flexibility index (Phi) is 7.56. The van der Waals surface area contributed by atoms with Gasteiger partial charge in [0, 0.05) is 32.4 Å². The number of anilines is 1. The van der Waals surface area contributed by atoms with Crippen LogP contribution in [0, 0.1) is 6.92 Å². The van der Waals surface area contributed by atoms with Crippen molar-refractivity contribution in [3.8, 4) is 0 Å². The Balaban J connectivity index is 0.00000243. The largest absolute Gasteiger partial charge is 0.464 e. The summed E-state index contributed by atoms with van der Waals surface area (Å²) >= 11 is 0. The summed E-state index contributed by atoms with van der Waals surface area (Å²) in [6, 6.07) is 12.7. The smallest absolute Gasteiger partial charge is 0.191 e. The van der Waals surface area contributed by atoms with Crippen LogP contribution in [0.25, 0.3) is 0 Å². The van der Waals surface area contributed by atoms with Gasteiger partial charge in [-0.3, -0.25) is 4.99 Å². The Bertz CT molecular complexity index is 761. The first kappa shape index (κ1) is 20.4. The predicted octanol–water partition coefficient (Wildman–Crippen LogP) is 4.01. The number of benzene rings is 1. The molecule has 1 atom stereocenters. The highest BCUT2D eigenvalue weighted by molar-refractivity contribution is 14.0. The van der Waals surface area contributed by atoms with Gasteiger partial charge in [-0.25, -0.2) is 0 Å².